The highest BCUT2D eigenvalue weighted by Gasteiger charge is 2.15. The molecule has 0 aliphatic carbocycles. The lowest BCUT2D eigenvalue weighted by Gasteiger charge is -2.03. The summed E-state index contributed by atoms with van der Waals surface area (Å²) in [5.74, 6) is 0.139. The van der Waals surface area contributed by atoms with Crippen molar-refractivity contribution in [3.63, 3.8) is 0 Å². The van der Waals surface area contributed by atoms with Crippen LogP contribution < -0.4 is 5.73 Å². The number of nitrogen functional groups attached to an aromatic ring is 1. The van der Waals surface area contributed by atoms with Gasteiger partial charge in [-0.2, -0.15) is 5.10 Å². The third-order valence-electron chi connectivity index (χ3n) is 2.19. The summed E-state index contributed by atoms with van der Waals surface area (Å²) in [5.41, 5.74) is 6.29. The minimum absolute atomic E-state index is 0.214. The number of nitrogens with two attached hydrogens (primary N) is 1. The second-order valence-electron chi connectivity index (χ2n) is 4.10. The van der Waals surface area contributed by atoms with Gasteiger partial charge in [-0.25, -0.2) is 4.79 Å². The Morgan fingerprint density at radius 1 is 1.62 bits per heavy atom. The van der Waals surface area contributed by atoms with Gasteiger partial charge >= 0.3 is 5.97 Å². The van der Waals surface area contributed by atoms with E-state index in [9.17, 15) is 4.79 Å². The molecule has 0 spiro atoms. The van der Waals surface area contributed by atoms with Gasteiger partial charge in [0.2, 0.25) is 0 Å². The van der Waals surface area contributed by atoms with Gasteiger partial charge in [0, 0.05) is 12.7 Å². The van der Waals surface area contributed by atoms with E-state index in [1.54, 1.807) is 17.8 Å². The minimum Gasteiger partial charge on any atom is -0.461 e. The zero-order valence-corrected chi connectivity index (χ0v) is 10.1. The van der Waals surface area contributed by atoms with E-state index in [0.29, 0.717) is 18.2 Å². The van der Waals surface area contributed by atoms with Crippen LogP contribution in [0, 0.1) is 5.92 Å². The van der Waals surface area contributed by atoms with E-state index in [-0.39, 0.29) is 5.69 Å². The Morgan fingerprint density at radius 3 is 2.88 bits per heavy atom. The number of nitrogens with zero attached hydrogens (tertiary/aromatic N) is 2. The maximum atomic E-state index is 11.4. The monoisotopic (exact) mass is 225 g/mol. The number of hydrogen-bond donors (Lipinski definition) is 1. The number of ether oxygens (including phenoxy) is 1. The SMILES string of the molecule is CCOC(=O)c1nn(CCC(C)C)cc1N. The molecule has 0 fully saturated rings. The van der Waals surface area contributed by atoms with E-state index in [2.05, 4.69) is 18.9 Å². The molecule has 16 heavy (non-hydrogen) atoms. The molecule has 0 radical (unpaired) electrons. The van der Waals surface area contributed by atoms with Crippen molar-refractivity contribution < 1.29 is 9.53 Å². The van der Waals surface area contributed by atoms with E-state index in [0.717, 1.165) is 13.0 Å². The molecule has 0 aliphatic rings. The van der Waals surface area contributed by atoms with Gasteiger partial charge in [-0.05, 0) is 19.3 Å². The lowest BCUT2D eigenvalue weighted by molar-refractivity contribution is 0.0519. The Hall–Kier alpha value is -1.52. The van der Waals surface area contributed by atoms with Gasteiger partial charge in [0.15, 0.2) is 5.69 Å². The highest BCUT2D eigenvalue weighted by atomic mass is 16.5. The average molecular weight is 225 g/mol. The van der Waals surface area contributed by atoms with Crippen molar-refractivity contribution in [1.29, 1.82) is 0 Å². The zero-order chi connectivity index (χ0) is 12.1. The molecule has 0 saturated carbocycles. The van der Waals surface area contributed by atoms with Crippen LogP contribution in [-0.2, 0) is 11.3 Å². The number of anilines is 1. The number of aryl methyl sites for hydroxylation is 1. The van der Waals surface area contributed by atoms with Crippen LogP contribution in [0.2, 0.25) is 0 Å². The maximum Gasteiger partial charge on any atom is 0.361 e. The van der Waals surface area contributed by atoms with E-state index in [1.807, 2.05) is 0 Å². The molecule has 0 bridgehead atoms. The fraction of sp³-hybridized carbons (Fsp3) is 0.636. The van der Waals surface area contributed by atoms with Crippen molar-refractivity contribution in [2.24, 2.45) is 5.92 Å². The Bertz CT molecular complexity index is 358. The van der Waals surface area contributed by atoms with Crippen molar-refractivity contribution in [1.82, 2.24) is 9.78 Å². The molecule has 0 atom stereocenters. The smallest absolute Gasteiger partial charge is 0.361 e. The van der Waals surface area contributed by atoms with Crippen LogP contribution in [-0.4, -0.2) is 22.4 Å². The summed E-state index contributed by atoms with van der Waals surface area (Å²) in [7, 11) is 0. The summed E-state index contributed by atoms with van der Waals surface area (Å²) in [6.07, 6.45) is 2.68. The lowest BCUT2D eigenvalue weighted by atomic mass is 10.1. The van der Waals surface area contributed by atoms with Crippen LogP contribution in [0.1, 0.15) is 37.7 Å². The fourth-order valence-corrected chi connectivity index (χ4v) is 1.30. The molecular formula is C11H19N3O2. The molecule has 1 heterocycles. The van der Waals surface area contributed by atoms with Crippen molar-refractivity contribution >= 4 is 11.7 Å². The van der Waals surface area contributed by atoms with Gasteiger partial charge in [0.25, 0.3) is 0 Å². The summed E-state index contributed by atoms with van der Waals surface area (Å²) >= 11 is 0. The first-order chi connectivity index (χ1) is 7.54. The molecule has 1 aromatic rings. The third kappa shape index (κ3) is 3.25. The van der Waals surface area contributed by atoms with Crippen LogP contribution in [0.25, 0.3) is 0 Å². The van der Waals surface area contributed by atoms with Crippen LogP contribution in [0.3, 0.4) is 0 Å². The molecule has 90 valence electrons. The molecule has 0 saturated heterocycles. The summed E-state index contributed by atoms with van der Waals surface area (Å²) in [5, 5.41) is 4.12. The molecule has 2 N–H and O–H groups in total. The van der Waals surface area contributed by atoms with Gasteiger partial charge in [-0.3, -0.25) is 4.68 Å². The van der Waals surface area contributed by atoms with E-state index < -0.39 is 5.97 Å². The number of carbonyl (C=O) groups is 1. The quantitative estimate of drug-likeness (QED) is 0.774. The number of rotatable bonds is 5. The van der Waals surface area contributed by atoms with Crippen molar-refractivity contribution in [2.75, 3.05) is 12.3 Å². The van der Waals surface area contributed by atoms with Crippen molar-refractivity contribution in [3.05, 3.63) is 11.9 Å². The first kappa shape index (κ1) is 12.5. The number of hydrogen-bond acceptors (Lipinski definition) is 4. The second kappa shape index (κ2) is 5.53. The van der Waals surface area contributed by atoms with Gasteiger partial charge in [-0.1, -0.05) is 13.8 Å². The molecule has 1 rings (SSSR count). The van der Waals surface area contributed by atoms with Crippen molar-refractivity contribution in [2.45, 2.75) is 33.7 Å². The van der Waals surface area contributed by atoms with E-state index in [1.165, 1.54) is 0 Å². The number of aromatic nitrogens is 2. The Kier molecular flexibility index (Phi) is 4.34. The van der Waals surface area contributed by atoms with E-state index in [4.69, 9.17) is 10.5 Å². The molecule has 0 amide bonds. The largest absolute Gasteiger partial charge is 0.461 e. The molecule has 0 unspecified atom stereocenters. The van der Waals surface area contributed by atoms with Crippen LogP contribution in [0.4, 0.5) is 5.69 Å². The van der Waals surface area contributed by atoms with Gasteiger partial charge in [0.1, 0.15) is 0 Å². The predicted molar refractivity (Wildman–Crippen MR) is 62.1 cm³/mol. The summed E-state index contributed by atoms with van der Waals surface area (Å²) in [6, 6.07) is 0. The van der Waals surface area contributed by atoms with Crippen LogP contribution >= 0.6 is 0 Å². The topological polar surface area (TPSA) is 70.1 Å². The maximum absolute atomic E-state index is 11.4. The Balaban J connectivity index is 2.69. The summed E-state index contributed by atoms with van der Waals surface area (Å²) < 4.78 is 6.55. The first-order valence-corrected chi connectivity index (χ1v) is 5.54. The Morgan fingerprint density at radius 2 is 2.31 bits per heavy atom. The minimum atomic E-state index is -0.455. The zero-order valence-electron chi connectivity index (χ0n) is 10.1. The molecular weight excluding hydrogens is 206 g/mol. The van der Waals surface area contributed by atoms with Crippen LogP contribution in [0.5, 0.6) is 0 Å². The third-order valence-corrected chi connectivity index (χ3v) is 2.19. The molecule has 0 aliphatic heterocycles. The fourth-order valence-electron chi connectivity index (χ4n) is 1.30. The van der Waals surface area contributed by atoms with Gasteiger partial charge in [0.05, 0.1) is 12.3 Å². The summed E-state index contributed by atoms with van der Waals surface area (Å²) in [4.78, 5) is 11.4. The average Bonchev–Trinajstić information content (AvgIpc) is 2.57. The first-order valence-electron chi connectivity index (χ1n) is 5.54. The number of carbonyl (C=O) groups excluding carboxylic acids is 1. The predicted octanol–water partition coefficient (Wildman–Crippen LogP) is 1.69. The molecule has 1 aromatic heterocycles. The van der Waals surface area contributed by atoms with Gasteiger partial charge in [-0.15, -0.1) is 0 Å². The number of esters is 1. The van der Waals surface area contributed by atoms with Crippen molar-refractivity contribution in [3.8, 4) is 0 Å². The van der Waals surface area contributed by atoms with Gasteiger partial charge < -0.3 is 10.5 Å². The molecule has 5 heteroatoms. The highest BCUT2D eigenvalue weighted by molar-refractivity contribution is 5.92. The van der Waals surface area contributed by atoms with E-state index >= 15 is 0 Å². The molecule has 0 aromatic carbocycles. The lowest BCUT2D eigenvalue weighted by Crippen LogP contribution is -2.09. The Labute approximate surface area is 95.6 Å². The molecule has 5 nitrogen and oxygen atoms in total. The normalized spacial score (nSPS) is 10.8. The standard InChI is InChI=1S/C11H19N3O2/c1-4-16-11(15)10-9(12)7-14(13-10)6-5-8(2)3/h7-8H,4-6,12H2,1-3H3. The highest BCUT2D eigenvalue weighted by Crippen LogP contribution is 2.12. The summed E-state index contributed by atoms with van der Waals surface area (Å²) in [6.45, 7) is 7.13. The second-order valence-corrected chi connectivity index (χ2v) is 4.10. The van der Waals surface area contributed by atoms with Crippen LogP contribution in [0.15, 0.2) is 6.20 Å².